The number of hydrogen-bond donors (Lipinski definition) is 1. The van der Waals surface area contributed by atoms with Gasteiger partial charge in [0.15, 0.2) is 5.13 Å². The lowest BCUT2D eigenvalue weighted by molar-refractivity contribution is 0.153. The van der Waals surface area contributed by atoms with Crippen LogP contribution in [-0.4, -0.2) is 47.7 Å². The van der Waals surface area contributed by atoms with Gasteiger partial charge in [-0.2, -0.15) is 0 Å². The van der Waals surface area contributed by atoms with Crippen LogP contribution in [-0.2, 0) is 6.42 Å². The van der Waals surface area contributed by atoms with Gasteiger partial charge in [-0.3, -0.25) is 0 Å². The Kier molecular flexibility index (Phi) is 4.29. The molecule has 0 aromatic carbocycles. The Balaban J connectivity index is 1.87. The lowest BCUT2D eigenvalue weighted by Gasteiger charge is -2.29. The van der Waals surface area contributed by atoms with Crippen LogP contribution in [0.15, 0.2) is 0 Å². The summed E-state index contributed by atoms with van der Waals surface area (Å²) in [6.07, 6.45) is 5.07. The molecule has 1 saturated heterocycles. The maximum Gasteiger partial charge on any atom is 0.186 e. The van der Waals surface area contributed by atoms with Crippen molar-refractivity contribution in [3.8, 4) is 0 Å². The highest BCUT2D eigenvalue weighted by molar-refractivity contribution is 7.15. The number of aliphatic hydroxyl groups excluding tert-OH is 1. The largest absolute Gasteiger partial charge is 0.387 e. The fourth-order valence-corrected chi connectivity index (χ4v) is 4.60. The van der Waals surface area contributed by atoms with Gasteiger partial charge in [-0.25, -0.2) is 4.98 Å². The number of likely N-dealkylation sites (N-methyl/N-ethyl adjacent to an activating group) is 1. The van der Waals surface area contributed by atoms with E-state index >= 15 is 0 Å². The van der Waals surface area contributed by atoms with Crippen molar-refractivity contribution in [2.45, 2.75) is 51.2 Å². The van der Waals surface area contributed by atoms with Crippen LogP contribution in [0.25, 0.3) is 0 Å². The van der Waals surface area contributed by atoms with E-state index in [9.17, 15) is 5.11 Å². The molecule has 0 amide bonds. The number of anilines is 1. The van der Waals surface area contributed by atoms with E-state index in [1.165, 1.54) is 17.8 Å². The summed E-state index contributed by atoms with van der Waals surface area (Å²) in [6, 6.07) is 0.548. The fourth-order valence-electron chi connectivity index (χ4n) is 3.35. The molecule has 0 bridgehead atoms. The van der Waals surface area contributed by atoms with Crippen molar-refractivity contribution in [1.82, 2.24) is 9.88 Å². The molecule has 1 aromatic rings. The number of hydrogen-bond acceptors (Lipinski definition) is 5. The van der Waals surface area contributed by atoms with E-state index in [4.69, 9.17) is 4.98 Å². The van der Waals surface area contributed by atoms with Crippen LogP contribution < -0.4 is 4.90 Å². The number of aromatic nitrogens is 1. The SMILES string of the molecule is CCC1CN(C)CCCN1c1nc2c(s1)CCCC2O. The Morgan fingerprint density at radius 2 is 2.20 bits per heavy atom. The normalized spacial score (nSPS) is 28.2. The lowest BCUT2D eigenvalue weighted by atomic mass is 10.0. The minimum absolute atomic E-state index is 0.335. The van der Waals surface area contributed by atoms with Gasteiger partial charge >= 0.3 is 0 Å². The van der Waals surface area contributed by atoms with Crippen LogP contribution >= 0.6 is 11.3 Å². The van der Waals surface area contributed by atoms with Gasteiger partial charge in [0.25, 0.3) is 0 Å². The second-order valence-electron chi connectivity index (χ2n) is 6.08. The van der Waals surface area contributed by atoms with E-state index < -0.39 is 0 Å². The Hall–Kier alpha value is -0.650. The van der Waals surface area contributed by atoms with Gasteiger partial charge in [-0.05, 0) is 45.7 Å². The van der Waals surface area contributed by atoms with Gasteiger partial charge in [-0.15, -0.1) is 11.3 Å². The van der Waals surface area contributed by atoms with Gasteiger partial charge < -0.3 is 14.9 Å². The first kappa shape index (κ1) is 14.3. The topological polar surface area (TPSA) is 39.6 Å². The predicted molar refractivity (Wildman–Crippen MR) is 83.6 cm³/mol. The number of fused-ring (bicyclic) bond motifs is 1. The zero-order chi connectivity index (χ0) is 14.1. The third-order valence-corrected chi connectivity index (χ3v) is 5.70. The quantitative estimate of drug-likeness (QED) is 0.909. The van der Waals surface area contributed by atoms with Gasteiger partial charge in [0.2, 0.25) is 0 Å². The lowest BCUT2D eigenvalue weighted by Crippen LogP contribution is -2.39. The van der Waals surface area contributed by atoms with E-state index in [0.29, 0.717) is 6.04 Å². The smallest absolute Gasteiger partial charge is 0.186 e. The van der Waals surface area contributed by atoms with E-state index in [1.54, 1.807) is 0 Å². The Morgan fingerprint density at radius 1 is 1.35 bits per heavy atom. The molecular weight excluding hydrogens is 270 g/mol. The maximum absolute atomic E-state index is 10.1. The molecule has 5 heteroatoms. The number of thiazole rings is 1. The molecule has 1 aliphatic heterocycles. The third-order valence-electron chi connectivity index (χ3n) is 4.53. The van der Waals surface area contributed by atoms with Crippen molar-refractivity contribution in [1.29, 1.82) is 0 Å². The molecule has 0 spiro atoms. The first-order valence-corrected chi connectivity index (χ1v) is 8.63. The minimum Gasteiger partial charge on any atom is -0.387 e. The summed E-state index contributed by atoms with van der Waals surface area (Å²) in [6.45, 7) is 5.63. The van der Waals surface area contributed by atoms with Crippen LogP contribution in [0.4, 0.5) is 5.13 Å². The summed E-state index contributed by atoms with van der Waals surface area (Å²) in [5.41, 5.74) is 0.962. The van der Waals surface area contributed by atoms with Crippen molar-refractivity contribution in [3.63, 3.8) is 0 Å². The molecule has 1 aromatic heterocycles. The van der Waals surface area contributed by atoms with E-state index in [-0.39, 0.29) is 6.10 Å². The van der Waals surface area contributed by atoms with Crippen molar-refractivity contribution in [2.24, 2.45) is 0 Å². The molecule has 3 rings (SSSR count). The van der Waals surface area contributed by atoms with E-state index in [1.807, 2.05) is 11.3 Å². The first-order valence-electron chi connectivity index (χ1n) is 7.82. The summed E-state index contributed by atoms with van der Waals surface area (Å²) in [4.78, 5) is 11.0. The first-order chi connectivity index (χ1) is 9.69. The van der Waals surface area contributed by atoms with Crippen molar-refractivity contribution >= 4 is 16.5 Å². The Labute approximate surface area is 125 Å². The monoisotopic (exact) mass is 295 g/mol. The molecule has 1 fully saturated rings. The highest BCUT2D eigenvalue weighted by atomic mass is 32.1. The van der Waals surface area contributed by atoms with Gasteiger partial charge in [0.05, 0.1) is 11.8 Å². The minimum atomic E-state index is -0.335. The molecule has 20 heavy (non-hydrogen) atoms. The maximum atomic E-state index is 10.1. The zero-order valence-corrected chi connectivity index (χ0v) is 13.3. The second-order valence-corrected chi connectivity index (χ2v) is 7.15. The van der Waals surface area contributed by atoms with Crippen LogP contribution in [0, 0.1) is 0 Å². The van der Waals surface area contributed by atoms with Crippen LogP contribution in [0.1, 0.15) is 49.3 Å². The molecule has 4 nitrogen and oxygen atoms in total. The molecule has 2 aliphatic rings. The summed E-state index contributed by atoms with van der Waals surface area (Å²) >= 11 is 1.81. The number of nitrogens with zero attached hydrogens (tertiary/aromatic N) is 3. The van der Waals surface area contributed by atoms with Crippen molar-refractivity contribution in [2.75, 3.05) is 31.6 Å². The standard InChI is InChI=1S/C15H25N3OS/c1-3-11-10-17(2)8-5-9-18(11)15-16-14-12(19)6-4-7-13(14)20-15/h11-12,19H,3-10H2,1-2H3. The van der Waals surface area contributed by atoms with Gasteiger partial charge in [-0.1, -0.05) is 6.92 Å². The van der Waals surface area contributed by atoms with Crippen molar-refractivity contribution in [3.05, 3.63) is 10.6 Å². The van der Waals surface area contributed by atoms with Gasteiger partial charge in [0, 0.05) is 24.0 Å². The highest BCUT2D eigenvalue weighted by Crippen LogP contribution is 2.37. The van der Waals surface area contributed by atoms with Crippen LogP contribution in [0.3, 0.4) is 0 Å². The molecule has 1 aliphatic carbocycles. The van der Waals surface area contributed by atoms with Crippen molar-refractivity contribution < 1.29 is 5.11 Å². The molecule has 0 radical (unpaired) electrons. The Bertz CT molecular complexity index is 462. The summed E-state index contributed by atoms with van der Waals surface area (Å²) in [5.74, 6) is 0. The molecule has 2 atom stereocenters. The average molecular weight is 295 g/mol. The number of aliphatic hydroxyl groups is 1. The molecule has 112 valence electrons. The molecular formula is C15H25N3OS. The van der Waals surface area contributed by atoms with Crippen LogP contribution in [0.5, 0.6) is 0 Å². The average Bonchev–Trinajstić information content (AvgIpc) is 2.77. The fraction of sp³-hybridized carbons (Fsp3) is 0.800. The summed E-state index contributed by atoms with van der Waals surface area (Å²) in [5, 5.41) is 11.2. The zero-order valence-electron chi connectivity index (χ0n) is 12.5. The second kappa shape index (κ2) is 6.00. The molecule has 1 N–H and O–H groups in total. The molecule has 2 unspecified atom stereocenters. The number of aryl methyl sites for hydroxylation is 1. The summed E-state index contributed by atoms with van der Waals surface area (Å²) in [7, 11) is 2.21. The van der Waals surface area contributed by atoms with Crippen LogP contribution in [0.2, 0.25) is 0 Å². The van der Waals surface area contributed by atoms with E-state index in [0.717, 1.165) is 49.6 Å². The molecule has 0 saturated carbocycles. The molecule has 2 heterocycles. The summed E-state index contributed by atoms with van der Waals surface area (Å²) < 4.78 is 0. The van der Waals surface area contributed by atoms with Gasteiger partial charge in [0.1, 0.15) is 0 Å². The predicted octanol–water partition coefficient (Wildman–Crippen LogP) is 2.43. The van der Waals surface area contributed by atoms with E-state index in [2.05, 4.69) is 23.8 Å². The third kappa shape index (κ3) is 2.71. The number of rotatable bonds is 2. The highest BCUT2D eigenvalue weighted by Gasteiger charge is 2.28. The Morgan fingerprint density at radius 3 is 2.95 bits per heavy atom.